The highest BCUT2D eigenvalue weighted by Gasteiger charge is 2.40. The van der Waals surface area contributed by atoms with Gasteiger partial charge in [-0.25, -0.2) is 18.9 Å². The average molecular weight is 433 g/mol. The van der Waals surface area contributed by atoms with Crippen molar-refractivity contribution in [3.8, 4) is 17.2 Å². The molecule has 11 heteroatoms. The number of urea groups is 2. The SMILES string of the molecule is CC1=C(C#N)C(c2ccc(F)c(-c3cccnc3)c2)N(C(=O)NCC(F)(F)F)C(=O)N1. The van der Waals surface area contributed by atoms with Crippen LogP contribution >= 0.6 is 0 Å². The number of allylic oxidation sites excluding steroid dienone is 1. The normalized spacial score (nSPS) is 16.6. The molecule has 160 valence electrons. The first-order chi connectivity index (χ1) is 14.6. The molecular formula is C20H15F4N5O2. The Morgan fingerprint density at radius 2 is 2.10 bits per heavy atom. The summed E-state index contributed by atoms with van der Waals surface area (Å²) >= 11 is 0. The van der Waals surface area contributed by atoms with E-state index in [1.54, 1.807) is 17.4 Å². The van der Waals surface area contributed by atoms with Crippen LogP contribution in [0.15, 0.2) is 54.0 Å². The van der Waals surface area contributed by atoms with Crippen LogP contribution in [0.3, 0.4) is 0 Å². The second-order valence-electron chi connectivity index (χ2n) is 6.61. The smallest absolute Gasteiger partial charge is 0.328 e. The van der Waals surface area contributed by atoms with E-state index in [0.29, 0.717) is 10.5 Å². The minimum absolute atomic E-state index is 0.0782. The molecule has 0 saturated heterocycles. The summed E-state index contributed by atoms with van der Waals surface area (Å²) in [6.45, 7) is -0.253. The highest BCUT2D eigenvalue weighted by molar-refractivity contribution is 5.96. The van der Waals surface area contributed by atoms with E-state index in [1.807, 2.05) is 6.07 Å². The van der Waals surface area contributed by atoms with Crippen molar-refractivity contribution >= 4 is 12.1 Å². The molecule has 0 spiro atoms. The number of carbonyl (C=O) groups is 2. The second kappa shape index (κ2) is 8.43. The van der Waals surface area contributed by atoms with Gasteiger partial charge in [0, 0.05) is 29.2 Å². The maximum Gasteiger partial charge on any atom is 0.405 e. The fourth-order valence-corrected chi connectivity index (χ4v) is 3.13. The lowest BCUT2D eigenvalue weighted by Crippen LogP contribution is -2.54. The van der Waals surface area contributed by atoms with Gasteiger partial charge >= 0.3 is 18.2 Å². The Balaban J connectivity index is 2.10. The molecule has 0 saturated carbocycles. The van der Waals surface area contributed by atoms with Gasteiger partial charge < -0.3 is 10.6 Å². The first-order valence-corrected chi connectivity index (χ1v) is 8.88. The molecular weight excluding hydrogens is 418 g/mol. The van der Waals surface area contributed by atoms with E-state index in [0.717, 1.165) is 6.07 Å². The number of benzene rings is 1. The molecule has 31 heavy (non-hydrogen) atoms. The van der Waals surface area contributed by atoms with E-state index >= 15 is 0 Å². The zero-order valence-corrected chi connectivity index (χ0v) is 16.0. The van der Waals surface area contributed by atoms with E-state index < -0.39 is 36.6 Å². The molecule has 1 atom stereocenters. The predicted octanol–water partition coefficient (Wildman–Crippen LogP) is 4.02. The summed E-state index contributed by atoms with van der Waals surface area (Å²) in [5.41, 5.74) is 0.694. The Bertz CT molecular complexity index is 1090. The largest absolute Gasteiger partial charge is 0.405 e. The van der Waals surface area contributed by atoms with Crippen LogP contribution in [-0.2, 0) is 0 Å². The zero-order valence-electron chi connectivity index (χ0n) is 16.0. The topological polar surface area (TPSA) is 98.1 Å². The van der Waals surface area contributed by atoms with Crippen molar-refractivity contribution in [2.75, 3.05) is 6.54 Å². The van der Waals surface area contributed by atoms with Gasteiger partial charge in [-0.05, 0) is 30.7 Å². The molecule has 1 aliphatic rings. The monoisotopic (exact) mass is 433 g/mol. The van der Waals surface area contributed by atoms with Gasteiger partial charge in [-0.3, -0.25) is 4.98 Å². The summed E-state index contributed by atoms with van der Waals surface area (Å²) in [4.78, 5) is 29.3. The third-order valence-electron chi connectivity index (χ3n) is 4.51. The summed E-state index contributed by atoms with van der Waals surface area (Å²) < 4.78 is 52.1. The van der Waals surface area contributed by atoms with Crippen LogP contribution in [0.5, 0.6) is 0 Å². The summed E-state index contributed by atoms with van der Waals surface area (Å²) in [5, 5.41) is 13.5. The molecule has 1 aromatic heterocycles. The van der Waals surface area contributed by atoms with Crippen LogP contribution in [0.1, 0.15) is 18.5 Å². The van der Waals surface area contributed by atoms with Crippen molar-refractivity contribution in [2.24, 2.45) is 0 Å². The standard InChI is InChI=1S/C20H15F4N5O2/c1-11-15(8-25)17(29(19(31)28-11)18(30)27-10-20(22,23)24)12-4-5-16(21)14(7-12)13-3-2-6-26-9-13/h2-7,9,17H,10H2,1H3,(H,27,30)(H,28,31). The lowest BCUT2D eigenvalue weighted by atomic mass is 9.92. The fourth-order valence-electron chi connectivity index (χ4n) is 3.13. The number of amides is 4. The number of rotatable bonds is 3. The molecule has 0 fully saturated rings. The Morgan fingerprint density at radius 1 is 1.35 bits per heavy atom. The fraction of sp³-hybridized carbons (Fsp3) is 0.200. The van der Waals surface area contributed by atoms with Crippen LogP contribution in [0.25, 0.3) is 11.1 Å². The quantitative estimate of drug-likeness (QED) is 0.715. The molecule has 2 aromatic rings. The van der Waals surface area contributed by atoms with Crippen LogP contribution in [0, 0.1) is 17.1 Å². The first-order valence-electron chi connectivity index (χ1n) is 8.88. The molecule has 2 heterocycles. The second-order valence-corrected chi connectivity index (χ2v) is 6.61. The highest BCUT2D eigenvalue weighted by Crippen LogP contribution is 2.36. The van der Waals surface area contributed by atoms with Crippen molar-refractivity contribution in [3.63, 3.8) is 0 Å². The number of carbonyl (C=O) groups excluding carboxylic acids is 2. The van der Waals surface area contributed by atoms with E-state index in [9.17, 15) is 32.4 Å². The molecule has 7 nitrogen and oxygen atoms in total. The highest BCUT2D eigenvalue weighted by atomic mass is 19.4. The van der Waals surface area contributed by atoms with Gasteiger partial charge in [0.15, 0.2) is 0 Å². The van der Waals surface area contributed by atoms with Crippen LogP contribution in [0.4, 0.5) is 27.2 Å². The molecule has 0 bridgehead atoms. The number of imide groups is 1. The van der Waals surface area contributed by atoms with Gasteiger partial charge in [-0.1, -0.05) is 12.1 Å². The van der Waals surface area contributed by atoms with Gasteiger partial charge in [0.25, 0.3) is 0 Å². The van der Waals surface area contributed by atoms with E-state index in [2.05, 4.69) is 10.3 Å². The third kappa shape index (κ3) is 4.63. The van der Waals surface area contributed by atoms with Crippen molar-refractivity contribution in [1.29, 1.82) is 5.26 Å². The summed E-state index contributed by atoms with van der Waals surface area (Å²) in [7, 11) is 0. The van der Waals surface area contributed by atoms with E-state index in [4.69, 9.17) is 0 Å². The number of hydrogen-bond acceptors (Lipinski definition) is 4. The summed E-state index contributed by atoms with van der Waals surface area (Å²) in [6.07, 6.45) is -1.82. The van der Waals surface area contributed by atoms with E-state index in [1.165, 1.54) is 31.5 Å². The Hall–Kier alpha value is -3.94. The van der Waals surface area contributed by atoms with Crippen molar-refractivity contribution in [1.82, 2.24) is 20.5 Å². The van der Waals surface area contributed by atoms with Crippen molar-refractivity contribution < 1.29 is 27.2 Å². The summed E-state index contributed by atoms with van der Waals surface area (Å²) in [6, 6.07) is 4.97. The number of halogens is 4. The first kappa shape index (κ1) is 21.8. The Kier molecular flexibility index (Phi) is 5.92. The lowest BCUT2D eigenvalue weighted by Gasteiger charge is -2.35. The minimum atomic E-state index is -4.70. The van der Waals surface area contributed by atoms with Crippen LogP contribution in [-0.4, -0.2) is 34.7 Å². The predicted molar refractivity (Wildman–Crippen MR) is 101 cm³/mol. The number of aromatic nitrogens is 1. The molecule has 1 unspecified atom stereocenters. The van der Waals surface area contributed by atoms with Gasteiger partial charge in [0.2, 0.25) is 0 Å². The summed E-state index contributed by atoms with van der Waals surface area (Å²) in [5.74, 6) is -0.621. The lowest BCUT2D eigenvalue weighted by molar-refractivity contribution is -0.123. The van der Waals surface area contributed by atoms with Crippen LogP contribution < -0.4 is 10.6 Å². The number of alkyl halides is 3. The Morgan fingerprint density at radius 3 is 2.71 bits per heavy atom. The van der Waals surface area contributed by atoms with Crippen LogP contribution in [0.2, 0.25) is 0 Å². The maximum atomic E-state index is 14.5. The van der Waals surface area contributed by atoms with Gasteiger partial charge in [0.05, 0.1) is 11.6 Å². The minimum Gasteiger partial charge on any atom is -0.328 e. The molecule has 0 radical (unpaired) electrons. The molecule has 0 aliphatic carbocycles. The number of pyridine rings is 1. The molecule has 1 aliphatic heterocycles. The number of nitrogens with one attached hydrogen (secondary N) is 2. The van der Waals surface area contributed by atoms with Gasteiger partial charge in [-0.2, -0.15) is 18.4 Å². The number of nitriles is 1. The van der Waals surface area contributed by atoms with Crippen molar-refractivity contribution in [2.45, 2.75) is 19.1 Å². The molecule has 4 amide bonds. The van der Waals surface area contributed by atoms with Crippen molar-refractivity contribution in [3.05, 3.63) is 65.4 Å². The van der Waals surface area contributed by atoms with Gasteiger partial charge in [-0.15, -0.1) is 0 Å². The average Bonchev–Trinajstić information content (AvgIpc) is 2.72. The van der Waals surface area contributed by atoms with Gasteiger partial charge in [0.1, 0.15) is 18.4 Å². The van der Waals surface area contributed by atoms with E-state index in [-0.39, 0.29) is 22.4 Å². The Labute approximate surface area is 174 Å². The molecule has 2 N–H and O–H groups in total. The zero-order chi connectivity index (χ0) is 22.8. The molecule has 3 rings (SSSR count). The third-order valence-corrected chi connectivity index (χ3v) is 4.51. The number of hydrogen-bond donors (Lipinski definition) is 2. The number of nitrogens with zero attached hydrogens (tertiary/aromatic N) is 3. The molecule has 1 aromatic carbocycles. The maximum absolute atomic E-state index is 14.5.